The highest BCUT2D eigenvalue weighted by atomic mass is 16.5. The Morgan fingerprint density at radius 2 is 2.47 bits per heavy atom. The van der Waals surface area contributed by atoms with Gasteiger partial charge in [-0.05, 0) is 32.3 Å². The standard InChI is InChI=1S/C11H19N3O/c1-8(10-4-6-15-7-10)13-9(2)11-3-5-12-14-11/h3,5,8-10,13H,4,6-7H2,1-2H3,(H,12,14). The van der Waals surface area contributed by atoms with E-state index in [0.717, 1.165) is 18.9 Å². The van der Waals surface area contributed by atoms with Gasteiger partial charge < -0.3 is 10.1 Å². The van der Waals surface area contributed by atoms with Crippen LogP contribution in [0.1, 0.15) is 32.0 Å². The summed E-state index contributed by atoms with van der Waals surface area (Å²) in [5.41, 5.74) is 1.14. The van der Waals surface area contributed by atoms with Gasteiger partial charge in [0.05, 0.1) is 12.3 Å². The molecule has 1 aromatic rings. The first-order valence-corrected chi connectivity index (χ1v) is 5.60. The Morgan fingerprint density at radius 3 is 3.07 bits per heavy atom. The minimum atomic E-state index is 0.322. The highest BCUT2D eigenvalue weighted by Gasteiger charge is 2.23. The van der Waals surface area contributed by atoms with E-state index < -0.39 is 0 Å². The number of nitrogens with one attached hydrogen (secondary N) is 2. The Bertz CT molecular complexity index is 280. The van der Waals surface area contributed by atoms with Gasteiger partial charge in [0.1, 0.15) is 0 Å². The van der Waals surface area contributed by atoms with Crippen LogP contribution in [-0.2, 0) is 4.74 Å². The molecule has 4 nitrogen and oxygen atoms in total. The molecule has 0 amide bonds. The first kappa shape index (κ1) is 10.6. The second kappa shape index (κ2) is 4.77. The van der Waals surface area contributed by atoms with Crippen molar-refractivity contribution in [2.45, 2.75) is 32.4 Å². The van der Waals surface area contributed by atoms with Crippen LogP contribution in [0.15, 0.2) is 12.3 Å². The third-order valence-corrected chi connectivity index (χ3v) is 3.17. The third-order valence-electron chi connectivity index (χ3n) is 3.17. The SMILES string of the molecule is CC(NC(C)C1CCOC1)c1ccn[nH]1. The molecule has 1 aromatic heterocycles. The molecular formula is C11H19N3O. The van der Waals surface area contributed by atoms with Crippen molar-refractivity contribution in [3.63, 3.8) is 0 Å². The molecule has 0 radical (unpaired) electrons. The van der Waals surface area contributed by atoms with Gasteiger partial charge in [-0.25, -0.2) is 0 Å². The van der Waals surface area contributed by atoms with Gasteiger partial charge in [-0.1, -0.05) is 0 Å². The average molecular weight is 209 g/mol. The Morgan fingerprint density at radius 1 is 1.60 bits per heavy atom. The summed E-state index contributed by atoms with van der Waals surface area (Å²) in [7, 11) is 0. The molecule has 1 saturated heterocycles. The summed E-state index contributed by atoms with van der Waals surface area (Å²) in [6.07, 6.45) is 2.96. The van der Waals surface area contributed by atoms with Crippen molar-refractivity contribution in [3.8, 4) is 0 Å². The van der Waals surface area contributed by atoms with Gasteiger partial charge in [-0.15, -0.1) is 0 Å². The van der Waals surface area contributed by atoms with Crippen molar-refractivity contribution in [1.82, 2.24) is 15.5 Å². The first-order valence-electron chi connectivity index (χ1n) is 5.60. The normalized spacial score (nSPS) is 25.3. The fourth-order valence-corrected chi connectivity index (χ4v) is 2.08. The molecule has 1 aliphatic rings. The number of hydrogen-bond acceptors (Lipinski definition) is 3. The topological polar surface area (TPSA) is 49.9 Å². The number of H-pyrrole nitrogens is 1. The zero-order valence-electron chi connectivity index (χ0n) is 9.36. The molecule has 1 aliphatic heterocycles. The van der Waals surface area contributed by atoms with Gasteiger partial charge in [-0.2, -0.15) is 5.10 Å². The molecule has 3 atom stereocenters. The molecule has 84 valence electrons. The van der Waals surface area contributed by atoms with E-state index in [2.05, 4.69) is 29.4 Å². The number of rotatable bonds is 4. The molecule has 4 heteroatoms. The number of nitrogens with zero attached hydrogens (tertiary/aromatic N) is 1. The summed E-state index contributed by atoms with van der Waals surface area (Å²) in [4.78, 5) is 0. The Kier molecular flexibility index (Phi) is 3.38. The summed E-state index contributed by atoms with van der Waals surface area (Å²) >= 11 is 0. The van der Waals surface area contributed by atoms with Gasteiger partial charge in [0, 0.05) is 24.9 Å². The van der Waals surface area contributed by atoms with Crippen molar-refractivity contribution >= 4 is 0 Å². The zero-order valence-corrected chi connectivity index (χ0v) is 9.36. The van der Waals surface area contributed by atoms with Crippen molar-refractivity contribution in [2.24, 2.45) is 5.92 Å². The van der Waals surface area contributed by atoms with Crippen molar-refractivity contribution in [1.29, 1.82) is 0 Å². The minimum absolute atomic E-state index is 0.322. The van der Waals surface area contributed by atoms with Crippen LogP contribution in [0.4, 0.5) is 0 Å². The molecule has 0 bridgehead atoms. The molecule has 15 heavy (non-hydrogen) atoms. The van der Waals surface area contributed by atoms with E-state index in [0.29, 0.717) is 18.0 Å². The lowest BCUT2D eigenvalue weighted by atomic mass is 10.00. The van der Waals surface area contributed by atoms with Gasteiger partial charge in [0.2, 0.25) is 0 Å². The van der Waals surface area contributed by atoms with Gasteiger partial charge in [-0.3, -0.25) is 5.10 Å². The third kappa shape index (κ3) is 2.58. The van der Waals surface area contributed by atoms with Crippen LogP contribution in [0.3, 0.4) is 0 Å². The molecule has 2 heterocycles. The largest absolute Gasteiger partial charge is 0.381 e. The van der Waals surface area contributed by atoms with Crippen molar-refractivity contribution in [2.75, 3.05) is 13.2 Å². The predicted molar refractivity (Wildman–Crippen MR) is 58.5 cm³/mol. The summed E-state index contributed by atoms with van der Waals surface area (Å²) in [6.45, 7) is 6.19. The monoisotopic (exact) mass is 209 g/mol. The van der Waals surface area contributed by atoms with E-state index in [1.165, 1.54) is 6.42 Å². The van der Waals surface area contributed by atoms with E-state index in [1.807, 2.05) is 6.07 Å². The summed E-state index contributed by atoms with van der Waals surface area (Å²) < 4.78 is 5.39. The van der Waals surface area contributed by atoms with E-state index in [-0.39, 0.29) is 0 Å². The van der Waals surface area contributed by atoms with E-state index in [9.17, 15) is 0 Å². The maximum absolute atomic E-state index is 5.39. The van der Waals surface area contributed by atoms with Gasteiger partial charge in [0.25, 0.3) is 0 Å². The Hall–Kier alpha value is -0.870. The maximum Gasteiger partial charge on any atom is 0.0518 e. The molecule has 2 N–H and O–H groups in total. The molecule has 0 aromatic carbocycles. The highest BCUT2D eigenvalue weighted by molar-refractivity contribution is 5.03. The molecule has 3 unspecified atom stereocenters. The molecule has 1 fully saturated rings. The van der Waals surface area contributed by atoms with Crippen LogP contribution in [0.5, 0.6) is 0 Å². The molecule has 0 aliphatic carbocycles. The lowest BCUT2D eigenvalue weighted by molar-refractivity contribution is 0.177. The molecular weight excluding hydrogens is 190 g/mol. The van der Waals surface area contributed by atoms with Crippen molar-refractivity contribution < 1.29 is 4.74 Å². The quantitative estimate of drug-likeness (QED) is 0.789. The molecule has 0 saturated carbocycles. The Balaban J connectivity index is 1.85. The number of ether oxygens (including phenoxy) is 1. The lowest BCUT2D eigenvalue weighted by Gasteiger charge is -2.23. The van der Waals surface area contributed by atoms with E-state index in [1.54, 1.807) is 6.20 Å². The van der Waals surface area contributed by atoms with Crippen LogP contribution < -0.4 is 5.32 Å². The number of aromatic amines is 1. The molecule has 2 rings (SSSR count). The Labute approximate surface area is 90.4 Å². The summed E-state index contributed by atoms with van der Waals surface area (Å²) in [5, 5.41) is 10.5. The fourth-order valence-electron chi connectivity index (χ4n) is 2.08. The van der Waals surface area contributed by atoms with Crippen LogP contribution in [0.25, 0.3) is 0 Å². The molecule has 0 spiro atoms. The van der Waals surface area contributed by atoms with Crippen LogP contribution >= 0.6 is 0 Å². The van der Waals surface area contributed by atoms with E-state index >= 15 is 0 Å². The average Bonchev–Trinajstić information content (AvgIpc) is 2.91. The second-order valence-corrected chi connectivity index (χ2v) is 4.31. The number of aromatic nitrogens is 2. The number of hydrogen-bond donors (Lipinski definition) is 2. The maximum atomic E-state index is 5.39. The second-order valence-electron chi connectivity index (χ2n) is 4.31. The minimum Gasteiger partial charge on any atom is -0.381 e. The van der Waals surface area contributed by atoms with Crippen LogP contribution in [0, 0.1) is 5.92 Å². The zero-order chi connectivity index (χ0) is 10.7. The van der Waals surface area contributed by atoms with E-state index in [4.69, 9.17) is 4.74 Å². The first-order chi connectivity index (χ1) is 7.27. The lowest BCUT2D eigenvalue weighted by Crippen LogP contribution is -2.35. The fraction of sp³-hybridized carbons (Fsp3) is 0.727. The van der Waals surface area contributed by atoms with Crippen LogP contribution in [0.2, 0.25) is 0 Å². The van der Waals surface area contributed by atoms with Gasteiger partial charge in [0.15, 0.2) is 0 Å². The summed E-state index contributed by atoms with van der Waals surface area (Å²) in [5.74, 6) is 0.648. The smallest absolute Gasteiger partial charge is 0.0518 e. The van der Waals surface area contributed by atoms with Gasteiger partial charge >= 0.3 is 0 Å². The van der Waals surface area contributed by atoms with Crippen molar-refractivity contribution in [3.05, 3.63) is 18.0 Å². The predicted octanol–water partition coefficient (Wildman–Crippen LogP) is 1.49. The van der Waals surface area contributed by atoms with Crippen LogP contribution in [-0.4, -0.2) is 29.5 Å². The summed E-state index contributed by atoms with van der Waals surface area (Å²) in [6, 6.07) is 2.82. The highest BCUT2D eigenvalue weighted by Crippen LogP contribution is 2.19.